The van der Waals surface area contributed by atoms with Crippen molar-refractivity contribution in [1.29, 1.82) is 0 Å². The lowest BCUT2D eigenvalue weighted by molar-refractivity contribution is 0.0890. The van der Waals surface area contributed by atoms with Crippen molar-refractivity contribution in [2.45, 2.75) is 31.5 Å². The van der Waals surface area contributed by atoms with Crippen molar-refractivity contribution in [3.63, 3.8) is 0 Å². The normalized spacial score (nSPS) is 20.3. The molecule has 1 fully saturated rings. The predicted molar refractivity (Wildman–Crippen MR) is 91.4 cm³/mol. The minimum Gasteiger partial charge on any atom is -0.390 e. The molecule has 1 N–H and O–H groups in total. The number of aliphatic hydroxyl groups excluding tert-OH is 1. The Morgan fingerprint density at radius 1 is 1.26 bits per heavy atom. The van der Waals surface area contributed by atoms with E-state index >= 15 is 0 Å². The molecule has 0 radical (unpaired) electrons. The number of hydrogen-bond acceptors (Lipinski definition) is 5. The largest absolute Gasteiger partial charge is 0.390 e. The van der Waals surface area contributed by atoms with Crippen molar-refractivity contribution in [2.75, 3.05) is 13.1 Å². The first-order valence-electron chi connectivity index (χ1n) is 8.04. The van der Waals surface area contributed by atoms with Crippen molar-refractivity contribution < 1.29 is 5.11 Å². The maximum Gasteiger partial charge on any atom is 0.111 e. The number of rotatable bonds is 5. The zero-order valence-electron chi connectivity index (χ0n) is 12.9. The number of thiazole rings is 1. The molecular formula is C17H20N4OS. The first-order valence-corrected chi connectivity index (χ1v) is 8.86. The zero-order chi connectivity index (χ0) is 15.6. The first-order chi connectivity index (χ1) is 11.3. The Labute approximate surface area is 139 Å². The third-order valence-corrected chi connectivity index (χ3v) is 5.50. The Kier molecular flexibility index (Phi) is 4.11. The number of aromatic nitrogens is 3. The van der Waals surface area contributed by atoms with E-state index in [0.29, 0.717) is 19.1 Å². The Morgan fingerprint density at radius 3 is 3.00 bits per heavy atom. The topological polar surface area (TPSA) is 54.2 Å². The number of hydrogen-bond donors (Lipinski definition) is 1. The van der Waals surface area contributed by atoms with E-state index in [1.165, 1.54) is 9.71 Å². The van der Waals surface area contributed by atoms with Gasteiger partial charge in [-0.3, -0.25) is 9.58 Å². The number of benzene rings is 1. The van der Waals surface area contributed by atoms with Crippen molar-refractivity contribution in [3.8, 4) is 0 Å². The highest BCUT2D eigenvalue weighted by Gasteiger charge is 2.30. The SMILES string of the molecule is O[C@@H](CN1CCC[C@@H]1c1nc2ccccc2s1)Cn1cccn1. The molecule has 23 heavy (non-hydrogen) atoms. The van der Waals surface area contributed by atoms with Gasteiger partial charge in [0.15, 0.2) is 0 Å². The van der Waals surface area contributed by atoms with Crippen LogP contribution in [0.4, 0.5) is 0 Å². The molecule has 120 valence electrons. The fourth-order valence-electron chi connectivity index (χ4n) is 3.31. The van der Waals surface area contributed by atoms with Crippen molar-refractivity contribution >= 4 is 21.6 Å². The van der Waals surface area contributed by atoms with E-state index < -0.39 is 6.10 Å². The number of para-hydroxylation sites is 1. The maximum absolute atomic E-state index is 10.4. The Hall–Kier alpha value is -1.76. The molecule has 3 aromatic rings. The summed E-state index contributed by atoms with van der Waals surface area (Å²) in [6.07, 6.45) is 5.50. The number of likely N-dealkylation sites (tertiary alicyclic amines) is 1. The number of β-amino-alcohol motifs (C(OH)–C–C–N with tert-alkyl or cyclic N) is 1. The molecule has 0 amide bonds. The van der Waals surface area contributed by atoms with Crippen LogP contribution in [0.3, 0.4) is 0 Å². The molecule has 0 spiro atoms. The van der Waals surface area contributed by atoms with E-state index in [4.69, 9.17) is 4.98 Å². The molecule has 2 aromatic heterocycles. The molecule has 1 aliphatic heterocycles. The van der Waals surface area contributed by atoms with E-state index in [1.54, 1.807) is 22.2 Å². The van der Waals surface area contributed by atoms with Gasteiger partial charge in [0.2, 0.25) is 0 Å². The summed E-state index contributed by atoms with van der Waals surface area (Å²) < 4.78 is 3.03. The molecule has 3 heterocycles. The lowest BCUT2D eigenvalue weighted by atomic mass is 10.2. The minimum absolute atomic E-state index is 0.333. The Balaban J connectivity index is 1.47. The van der Waals surface area contributed by atoms with Crippen LogP contribution in [0.15, 0.2) is 42.7 Å². The number of nitrogens with zero attached hydrogens (tertiary/aromatic N) is 4. The smallest absolute Gasteiger partial charge is 0.111 e. The lowest BCUT2D eigenvalue weighted by Crippen LogP contribution is -2.34. The van der Waals surface area contributed by atoms with E-state index in [-0.39, 0.29) is 0 Å². The van der Waals surface area contributed by atoms with Crippen LogP contribution in [-0.2, 0) is 6.54 Å². The van der Waals surface area contributed by atoms with Gasteiger partial charge >= 0.3 is 0 Å². The highest BCUT2D eigenvalue weighted by atomic mass is 32.1. The Morgan fingerprint density at radius 2 is 2.17 bits per heavy atom. The van der Waals surface area contributed by atoms with Gasteiger partial charge in [0.25, 0.3) is 0 Å². The fourth-order valence-corrected chi connectivity index (χ4v) is 4.45. The Bertz CT molecular complexity index is 737. The summed E-state index contributed by atoms with van der Waals surface area (Å²) in [5.74, 6) is 0. The summed E-state index contributed by atoms with van der Waals surface area (Å²) in [5.41, 5.74) is 1.08. The zero-order valence-corrected chi connectivity index (χ0v) is 13.7. The van der Waals surface area contributed by atoms with Gasteiger partial charge in [-0.25, -0.2) is 4.98 Å². The predicted octanol–water partition coefficient (Wildman–Crippen LogP) is 2.69. The standard InChI is InChI=1S/C17H20N4OS/c22-13(12-21-10-4-8-18-21)11-20-9-3-6-15(20)17-19-14-5-1-2-7-16(14)23-17/h1-2,4-5,7-8,10,13,15,22H,3,6,9,11-12H2/t13-,15+/m0/s1. The van der Waals surface area contributed by atoms with Crippen LogP contribution >= 0.6 is 11.3 Å². The average Bonchev–Trinajstić information content (AvgIpc) is 3.26. The van der Waals surface area contributed by atoms with Gasteiger partial charge < -0.3 is 5.11 Å². The molecule has 5 nitrogen and oxygen atoms in total. The van der Waals surface area contributed by atoms with Gasteiger partial charge in [-0.15, -0.1) is 11.3 Å². The van der Waals surface area contributed by atoms with Gasteiger partial charge in [0, 0.05) is 18.9 Å². The van der Waals surface area contributed by atoms with Crippen molar-refractivity contribution in [2.24, 2.45) is 0 Å². The van der Waals surface area contributed by atoms with Crippen LogP contribution < -0.4 is 0 Å². The molecule has 1 aliphatic rings. The van der Waals surface area contributed by atoms with Crippen LogP contribution in [0.5, 0.6) is 0 Å². The second kappa shape index (κ2) is 6.39. The third kappa shape index (κ3) is 3.15. The van der Waals surface area contributed by atoms with Gasteiger partial charge in [0.05, 0.1) is 28.9 Å². The lowest BCUT2D eigenvalue weighted by Gasteiger charge is -2.25. The third-order valence-electron chi connectivity index (χ3n) is 4.36. The molecular weight excluding hydrogens is 308 g/mol. The number of aliphatic hydroxyl groups is 1. The van der Waals surface area contributed by atoms with E-state index in [9.17, 15) is 5.11 Å². The summed E-state index contributed by atoms with van der Waals surface area (Å²) in [4.78, 5) is 7.17. The second-order valence-electron chi connectivity index (χ2n) is 6.05. The van der Waals surface area contributed by atoms with E-state index in [1.807, 2.05) is 18.3 Å². The number of fused-ring (bicyclic) bond motifs is 1. The molecule has 0 saturated carbocycles. The fraction of sp³-hybridized carbons (Fsp3) is 0.412. The van der Waals surface area contributed by atoms with Crippen LogP contribution in [0.25, 0.3) is 10.2 Å². The molecule has 0 unspecified atom stereocenters. The highest BCUT2D eigenvalue weighted by Crippen LogP contribution is 2.36. The van der Waals surface area contributed by atoms with Crippen LogP contribution in [0.1, 0.15) is 23.9 Å². The van der Waals surface area contributed by atoms with E-state index in [2.05, 4.69) is 28.2 Å². The van der Waals surface area contributed by atoms with Crippen molar-refractivity contribution in [1.82, 2.24) is 19.7 Å². The summed E-state index contributed by atoms with van der Waals surface area (Å²) in [7, 11) is 0. The molecule has 2 atom stereocenters. The van der Waals surface area contributed by atoms with E-state index in [0.717, 1.165) is 24.9 Å². The maximum atomic E-state index is 10.4. The van der Waals surface area contributed by atoms with Crippen LogP contribution in [-0.4, -0.2) is 44.0 Å². The van der Waals surface area contributed by atoms with Crippen molar-refractivity contribution in [3.05, 3.63) is 47.7 Å². The highest BCUT2D eigenvalue weighted by molar-refractivity contribution is 7.18. The molecule has 0 aliphatic carbocycles. The minimum atomic E-state index is -0.412. The van der Waals surface area contributed by atoms with Crippen LogP contribution in [0.2, 0.25) is 0 Å². The summed E-state index contributed by atoms with van der Waals surface area (Å²) in [6, 6.07) is 10.5. The summed E-state index contributed by atoms with van der Waals surface area (Å²) >= 11 is 1.78. The first kappa shape index (κ1) is 14.8. The van der Waals surface area contributed by atoms with Gasteiger partial charge in [-0.05, 0) is 37.6 Å². The second-order valence-corrected chi connectivity index (χ2v) is 7.12. The monoisotopic (exact) mass is 328 g/mol. The molecule has 4 rings (SSSR count). The average molecular weight is 328 g/mol. The van der Waals surface area contributed by atoms with Crippen LogP contribution in [0, 0.1) is 0 Å². The quantitative estimate of drug-likeness (QED) is 0.782. The summed E-state index contributed by atoms with van der Waals surface area (Å²) in [5, 5.41) is 15.7. The molecule has 0 bridgehead atoms. The molecule has 6 heteroatoms. The summed E-state index contributed by atoms with van der Waals surface area (Å²) in [6.45, 7) is 2.23. The van der Waals surface area contributed by atoms with Gasteiger partial charge in [-0.1, -0.05) is 12.1 Å². The van der Waals surface area contributed by atoms with Gasteiger partial charge in [0.1, 0.15) is 5.01 Å². The molecule has 1 aromatic carbocycles. The van der Waals surface area contributed by atoms with Gasteiger partial charge in [-0.2, -0.15) is 5.10 Å². The molecule has 1 saturated heterocycles.